The zero-order valence-corrected chi connectivity index (χ0v) is 14.1. The van der Waals surface area contributed by atoms with Crippen LogP contribution in [0, 0.1) is 5.92 Å². The summed E-state index contributed by atoms with van der Waals surface area (Å²) in [6.45, 7) is 9.97. The number of rotatable bonds is 8. The molecule has 2 atom stereocenters. The number of likely N-dealkylation sites (tertiary alicyclic amines) is 1. The van der Waals surface area contributed by atoms with Gasteiger partial charge in [-0.15, -0.1) is 0 Å². The zero-order chi connectivity index (χ0) is 15.9. The van der Waals surface area contributed by atoms with Crippen LogP contribution in [0.15, 0.2) is 4.52 Å². The molecule has 0 radical (unpaired) electrons. The van der Waals surface area contributed by atoms with Gasteiger partial charge in [-0.3, -0.25) is 0 Å². The van der Waals surface area contributed by atoms with Crippen molar-refractivity contribution in [1.82, 2.24) is 20.4 Å². The fourth-order valence-electron chi connectivity index (χ4n) is 2.95. The maximum atomic E-state index is 9.44. The standard InChI is InChI=1S/C16H30N4O2/c1-4-5-15-18-16(22-19-15)13(3)17-10-14-6-8-20(9-7-14)11-12(2)21/h12-14,17,21H,4-11H2,1-3H3/t12-,13+/m1/s1. The molecule has 0 spiro atoms. The van der Waals surface area contributed by atoms with Crippen molar-refractivity contribution in [3.8, 4) is 0 Å². The van der Waals surface area contributed by atoms with E-state index in [0.29, 0.717) is 11.8 Å². The van der Waals surface area contributed by atoms with Crippen LogP contribution in [0.4, 0.5) is 0 Å². The van der Waals surface area contributed by atoms with E-state index in [1.165, 1.54) is 12.8 Å². The highest BCUT2D eigenvalue weighted by molar-refractivity contribution is 4.91. The first kappa shape index (κ1) is 17.4. The number of aliphatic hydroxyl groups excluding tert-OH is 1. The van der Waals surface area contributed by atoms with E-state index in [4.69, 9.17) is 4.52 Å². The summed E-state index contributed by atoms with van der Waals surface area (Å²) in [5, 5.41) is 17.0. The fraction of sp³-hybridized carbons (Fsp3) is 0.875. The first-order chi connectivity index (χ1) is 10.6. The molecule has 0 amide bonds. The van der Waals surface area contributed by atoms with Crippen LogP contribution in [0.25, 0.3) is 0 Å². The molecule has 0 bridgehead atoms. The molecule has 1 aromatic rings. The first-order valence-electron chi connectivity index (χ1n) is 8.54. The van der Waals surface area contributed by atoms with Crippen LogP contribution >= 0.6 is 0 Å². The molecule has 2 rings (SSSR count). The largest absolute Gasteiger partial charge is 0.392 e. The molecule has 1 saturated heterocycles. The second-order valence-corrected chi connectivity index (χ2v) is 6.52. The Morgan fingerprint density at radius 3 is 2.73 bits per heavy atom. The van der Waals surface area contributed by atoms with Gasteiger partial charge in [-0.2, -0.15) is 4.98 Å². The number of aromatic nitrogens is 2. The second-order valence-electron chi connectivity index (χ2n) is 6.52. The van der Waals surface area contributed by atoms with Crippen molar-refractivity contribution in [3.63, 3.8) is 0 Å². The van der Waals surface area contributed by atoms with Crippen molar-refractivity contribution in [2.24, 2.45) is 5.92 Å². The van der Waals surface area contributed by atoms with Gasteiger partial charge in [-0.25, -0.2) is 0 Å². The summed E-state index contributed by atoms with van der Waals surface area (Å²) in [6, 6.07) is 0.105. The maximum Gasteiger partial charge on any atom is 0.243 e. The molecule has 2 N–H and O–H groups in total. The summed E-state index contributed by atoms with van der Waals surface area (Å²) in [5.41, 5.74) is 0. The summed E-state index contributed by atoms with van der Waals surface area (Å²) in [5.74, 6) is 2.18. The Labute approximate surface area is 133 Å². The third kappa shape index (κ3) is 5.34. The van der Waals surface area contributed by atoms with Gasteiger partial charge in [-0.05, 0) is 58.7 Å². The van der Waals surface area contributed by atoms with Gasteiger partial charge < -0.3 is 19.8 Å². The van der Waals surface area contributed by atoms with Gasteiger partial charge in [0.05, 0.1) is 12.1 Å². The number of β-amino-alcohol motifs (C(OH)–C–C–N with tert-alkyl or cyclic N) is 1. The lowest BCUT2D eigenvalue weighted by Crippen LogP contribution is -2.40. The SMILES string of the molecule is CCCc1noc([C@H](C)NCC2CCN(C[C@@H](C)O)CC2)n1. The van der Waals surface area contributed by atoms with Crippen LogP contribution in [0.2, 0.25) is 0 Å². The molecule has 22 heavy (non-hydrogen) atoms. The van der Waals surface area contributed by atoms with Crippen molar-refractivity contribution in [2.75, 3.05) is 26.2 Å². The Morgan fingerprint density at radius 1 is 1.36 bits per heavy atom. The first-order valence-corrected chi connectivity index (χ1v) is 8.54. The summed E-state index contributed by atoms with van der Waals surface area (Å²) in [6.07, 6.45) is 4.03. The summed E-state index contributed by atoms with van der Waals surface area (Å²) in [7, 11) is 0. The molecule has 1 aliphatic rings. The molecule has 6 heteroatoms. The zero-order valence-electron chi connectivity index (χ0n) is 14.1. The van der Waals surface area contributed by atoms with Gasteiger partial charge in [-0.1, -0.05) is 12.1 Å². The molecular weight excluding hydrogens is 280 g/mol. The summed E-state index contributed by atoms with van der Waals surface area (Å²) < 4.78 is 5.32. The van der Waals surface area contributed by atoms with Gasteiger partial charge in [0.1, 0.15) is 0 Å². The highest BCUT2D eigenvalue weighted by atomic mass is 16.5. The Kier molecular flexibility index (Phi) is 6.79. The molecule has 0 aromatic carbocycles. The summed E-state index contributed by atoms with van der Waals surface area (Å²) >= 11 is 0. The van der Waals surface area contributed by atoms with Crippen molar-refractivity contribution in [3.05, 3.63) is 11.7 Å². The van der Waals surface area contributed by atoms with E-state index in [9.17, 15) is 5.11 Å². The molecule has 0 saturated carbocycles. The average Bonchev–Trinajstić information content (AvgIpc) is 2.95. The molecule has 1 aromatic heterocycles. The average molecular weight is 310 g/mol. The minimum absolute atomic E-state index is 0.105. The normalized spacial score (nSPS) is 20.2. The monoisotopic (exact) mass is 310 g/mol. The number of hydrogen-bond acceptors (Lipinski definition) is 6. The van der Waals surface area contributed by atoms with Crippen LogP contribution in [0.5, 0.6) is 0 Å². The molecule has 0 unspecified atom stereocenters. The lowest BCUT2D eigenvalue weighted by atomic mass is 9.96. The Hall–Kier alpha value is -0.980. The Morgan fingerprint density at radius 2 is 2.09 bits per heavy atom. The van der Waals surface area contributed by atoms with Crippen molar-refractivity contribution < 1.29 is 9.63 Å². The predicted octanol–water partition coefficient (Wildman–Crippen LogP) is 1.77. The van der Waals surface area contributed by atoms with Crippen LogP contribution in [-0.4, -0.2) is 52.4 Å². The molecule has 6 nitrogen and oxygen atoms in total. The fourth-order valence-corrected chi connectivity index (χ4v) is 2.95. The molecule has 0 aliphatic carbocycles. The van der Waals surface area contributed by atoms with Gasteiger partial charge in [0.15, 0.2) is 5.82 Å². The number of piperidine rings is 1. The third-order valence-electron chi connectivity index (χ3n) is 4.27. The van der Waals surface area contributed by atoms with Gasteiger partial charge in [0, 0.05) is 13.0 Å². The quantitative estimate of drug-likeness (QED) is 0.762. The Bertz CT molecular complexity index is 428. The lowest BCUT2D eigenvalue weighted by molar-refractivity contribution is 0.0991. The number of nitrogens with zero attached hydrogens (tertiary/aromatic N) is 3. The van der Waals surface area contributed by atoms with E-state index in [1.807, 2.05) is 6.92 Å². The lowest BCUT2D eigenvalue weighted by Gasteiger charge is -2.33. The maximum absolute atomic E-state index is 9.44. The third-order valence-corrected chi connectivity index (χ3v) is 4.27. The molecule has 1 aliphatic heterocycles. The van der Waals surface area contributed by atoms with Crippen molar-refractivity contribution >= 4 is 0 Å². The number of nitrogens with one attached hydrogen (secondary N) is 1. The number of hydrogen-bond donors (Lipinski definition) is 2. The van der Waals surface area contributed by atoms with Gasteiger partial charge in [0.2, 0.25) is 5.89 Å². The summed E-state index contributed by atoms with van der Waals surface area (Å²) in [4.78, 5) is 6.78. The minimum Gasteiger partial charge on any atom is -0.392 e. The predicted molar refractivity (Wildman–Crippen MR) is 85.6 cm³/mol. The van der Waals surface area contributed by atoms with Gasteiger partial charge in [0.25, 0.3) is 0 Å². The van der Waals surface area contributed by atoms with Gasteiger partial charge >= 0.3 is 0 Å². The van der Waals surface area contributed by atoms with Crippen LogP contribution in [0.1, 0.15) is 57.8 Å². The topological polar surface area (TPSA) is 74.4 Å². The number of aliphatic hydroxyl groups is 1. The van der Waals surface area contributed by atoms with E-state index in [2.05, 4.69) is 34.2 Å². The molecule has 1 fully saturated rings. The second kappa shape index (κ2) is 8.60. The van der Waals surface area contributed by atoms with E-state index < -0.39 is 0 Å². The highest BCUT2D eigenvalue weighted by Gasteiger charge is 2.21. The van der Waals surface area contributed by atoms with E-state index in [-0.39, 0.29) is 12.1 Å². The highest BCUT2D eigenvalue weighted by Crippen LogP contribution is 2.18. The van der Waals surface area contributed by atoms with Crippen molar-refractivity contribution in [1.29, 1.82) is 0 Å². The van der Waals surface area contributed by atoms with Crippen LogP contribution < -0.4 is 5.32 Å². The Balaban J connectivity index is 1.69. The smallest absolute Gasteiger partial charge is 0.243 e. The van der Waals surface area contributed by atoms with Crippen molar-refractivity contribution in [2.45, 2.75) is 58.6 Å². The van der Waals surface area contributed by atoms with Crippen LogP contribution in [-0.2, 0) is 6.42 Å². The molecule has 2 heterocycles. The van der Waals surface area contributed by atoms with E-state index in [1.54, 1.807) is 0 Å². The molecular formula is C16H30N4O2. The van der Waals surface area contributed by atoms with Crippen LogP contribution in [0.3, 0.4) is 0 Å². The minimum atomic E-state index is -0.232. The number of aryl methyl sites for hydroxylation is 1. The van der Waals surface area contributed by atoms with E-state index in [0.717, 1.165) is 44.8 Å². The van der Waals surface area contributed by atoms with E-state index >= 15 is 0 Å². The molecule has 126 valence electrons.